The van der Waals surface area contributed by atoms with E-state index in [-0.39, 0.29) is 0 Å². The molecule has 0 radical (unpaired) electrons. The van der Waals surface area contributed by atoms with Crippen LogP contribution in [-0.2, 0) is 6.54 Å². The zero-order valence-corrected chi connectivity index (χ0v) is 16.7. The largest absolute Gasteiger partial charge is 0.496 e. The van der Waals surface area contributed by atoms with Crippen molar-refractivity contribution in [1.29, 1.82) is 0 Å². The number of benzene rings is 2. The van der Waals surface area contributed by atoms with Gasteiger partial charge < -0.3 is 34.7 Å². The van der Waals surface area contributed by atoms with Gasteiger partial charge >= 0.3 is 0 Å². The molecule has 0 aliphatic heterocycles. The number of ether oxygens (including phenoxy) is 5. The summed E-state index contributed by atoms with van der Waals surface area (Å²) in [6, 6.07) is 11.0. The van der Waals surface area contributed by atoms with Crippen LogP contribution in [0.2, 0.25) is 0 Å². The minimum Gasteiger partial charge on any atom is -0.496 e. The minimum atomic E-state index is 0.335. The van der Waals surface area contributed by atoms with Gasteiger partial charge in [-0.2, -0.15) is 0 Å². The summed E-state index contributed by atoms with van der Waals surface area (Å²) in [4.78, 5) is 4.32. The number of hydrogen-bond donors (Lipinski definition) is 2. The maximum Gasteiger partial charge on any atom is 0.189 e. The quantitative estimate of drug-likeness (QED) is 0.365. The fourth-order valence-corrected chi connectivity index (χ4v) is 2.42. The average molecular weight is 389 g/mol. The highest BCUT2D eigenvalue weighted by Crippen LogP contribution is 2.28. The molecule has 0 atom stereocenters. The van der Waals surface area contributed by atoms with Gasteiger partial charge in [-0.05, 0) is 17.7 Å². The molecule has 0 fully saturated rings. The van der Waals surface area contributed by atoms with Gasteiger partial charge in [-0.3, -0.25) is 0 Å². The highest BCUT2D eigenvalue weighted by atomic mass is 16.5. The molecular formula is C20H27N3O5. The Bertz CT molecular complexity index is 773. The maximum absolute atomic E-state index is 5.91. The molecular weight excluding hydrogens is 362 g/mol. The van der Waals surface area contributed by atoms with Gasteiger partial charge in [-0.25, -0.2) is 4.99 Å². The molecule has 0 saturated heterocycles. The lowest BCUT2D eigenvalue weighted by molar-refractivity contribution is 0.315. The van der Waals surface area contributed by atoms with Crippen LogP contribution in [0.25, 0.3) is 0 Å². The standard InChI is InChI=1S/C20H27N3O5/c1-24-15-10-16(25-2)12-17(11-15)28-8-7-22-20(21)23-13-14-5-6-18(26-3)19(9-14)27-4/h5-6,9-12H,7-8,13H2,1-4H3,(H3,21,22,23). The Morgan fingerprint density at radius 2 is 1.50 bits per heavy atom. The lowest BCUT2D eigenvalue weighted by atomic mass is 10.2. The van der Waals surface area contributed by atoms with Crippen molar-refractivity contribution in [3.8, 4) is 28.7 Å². The van der Waals surface area contributed by atoms with E-state index in [1.807, 2.05) is 18.2 Å². The van der Waals surface area contributed by atoms with E-state index in [1.54, 1.807) is 46.6 Å². The Morgan fingerprint density at radius 1 is 0.857 bits per heavy atom. The van der Waals surface area contributed by atoms with E-state index in [2.05, 4.69) is 10.3 Å². The van der Waals surface area contributed by atoms with E-state index in [0.717, 1.165) is 5.56 Å². The molecule has 0 saturated carbocycles. The minimum absolute atomic E-state index is 0.335. The third-order valence-corrected chi connectivity index (χ3v) is 3.88. The molecule has 0 spiro atoms. The van der Waals surface area contributed by atoms with Crippen LogP contribution in [0.3, 0.4) is 0 Å². The Labute approximate surface area is 165 Å². The molecule has 8 heteroatoms. The third-order valence-electron chi connectivity index (χ3n) is 3.88. The summed E-state index contributed by atoms with van der Waals surface area (Å²) < 4.78 is 26.6. The number of aliphatic imine (C=N–C) groups is 1. The highest BCUT2D eigenvalue weighted by molar-refractivity contribution is 5.77. The van der Waals surface area contributed by atoms with E-state index in [9.17, 15) is 0 Å². The van der Waals surface area contributed by atoms with Crippen LogP contribution in [0.5, 0.6) is 28.7 Å². The summed E-state index contributed by atoms with van der Waals surface area (Å²) >= 11 is 0. The first-order valence-electron chi connectivity index (χ1n) is 8.70. The molecule has 0 unspecified atom stereocenters. The Balaban J connectivity index is 1.81. The molecule has 0 heterocycles. The molecule has 0 amide bonds. The molecule has 2 aromatic rings. The summed E-state index contributed by atoms with van der Waals surface area (Å²) in [5.41, 5.74) is 6.87. The van der Waals surface area contributed by atoms with Gasteiger partial charge in [-0.1, -0.05) is 6.07 Å². The van der Waals surface area contributed by atoms with Crippen LogP contribution in [-0.4, -0.2) is 47.6 Å². The third kappa shape index (κ3) is 6.15. The number of nitrogens with one attached hydrogen (secondary N) is 1. The SMILES string of the molecule is COc1cc(OC)cc(OCCNC(N)=NCc2ccc(OC)c(OC)c2)c1. The monoisotopic (exact) mass is 389 g/mol. The van der Waals surface area contributed by atoms with Crippen molar-refractivity contribution in [2.45, 2.75) is 6.54 Å². The summed E-state index contributed by atoms with van der Waals surface area (Å²) in [6.45, 7) is 1.33. The molecule has 0 bridgehead atoms. The predicted molar refractivity (Wildman–Crippen MR) is 108 cm³/mol. The van der Waals surface area contributed by atoms with Gasteiger partial charge in [0.2, 0.25) is 0 Å². The molecule has 8 nitrogen and oxygen atoms in total. The van der Waals surface area contributed by atoms with Crippen LogP contribution < -0.4 is 34.7 Å². The number of rotatable bonds is 10. The van der Waals surface area contributed by atoms with E-state index in [0.29, 0.717) is 54.4 Å². The van der Waals surface area contributed by atoms with Crippen molar-refractivity contribution >= 4 is 5.96 Å². The van der Waals surface area contributed by atoms with Gasteiger partial charge in [-0.15, -0.1) is 0 Å². The summed E-state index contributed by atoms with van der Waals surface area (Å²) in [7, 11) is 6.38. The number of nitrogens with two attached hydrogens (primary N) is 1. The Hall–Kier alpha value is -3.29. The zero-order valence-electron chi connectivity index (χ0n) is 16.7. The number of methoxy groups -OCH3 is 4. The molecule has 0 aromatic heterocycles. The molecule has 0 aliphatic rings. The topological polar surface area (TPSA) is 96.6 Å². The Kier molecular flexibility index (Phi) is 8.08. The molecule has 3 N–H and O–H groups in total. The summed E-state index contributed by atoms with van der Waals surface area (Å²) in [5.74, 6) is 3.65. The second-order valence-electron chi connectivity index (χ2n) is 5.71. The second kappa shape index (κ2) is 10.8. The van der Waals surface area contributed by atoms with Crippen LogP contribution in [0.15, 0.2) is 41.4 Å². The highest BCUT2D eigenvalue weighted by Gasteiger charge is 2.05. The number of nitrogens with zero attached hydrogens (tertiary/aromatic N) is 1. The lowest BCUT2D eigenvalue weighted by Crippen LogP contribution is -2.34. The van der Waals surface area contributed by atoms with Gasteiger partial charge in [0.15, 0.2) is 17.5 Å². The number of hydrogen-bond acceptors (Lipinski definition) is 6. The average Bonchev–Trinajstić information content (AvgIpc) is 2.74. The molecule has 0 aliphatic carbocycles. The van der Waals surface area contributed by atoms with Crippen molar-refractivity contribution in [1.82, 2.24) is 5.32 Å². The van der Waals surface area contributed by atoms with E-state index >= 15 is 0 Å². The number of guanidine groups is 1. The van der Waals surface area contributed by atoms with Gasteiger partial charge in [0.1, 0.15) is 23.9 Å². The molecule has 2 aromatic carbocycles. The van der Waals surface area contributed by atoms with Crippen LogP contribution in [0.1, 0.15) is 5.56 Å². The maximum atomic E-state index is 5.91. The van der Waals surface area contributed by atoms with Gasteiger partial charge in [0.25, 0.3) is 0 Å². The Morgan fingerprint density at radius 3 is 2.11 bits per heavy atom. The van der Waals surface area contributed by atoms with Crippen molar-refractivity contribution < 1.29 is 23.7 Å². The van der Waals surface area contributed by atoms with Crippen molar-refractivity contribution in [2.75, 3.05) is 41.6 Å². The lowest BCUT2D eigenvalue weighted by Gasteiger charge is -2.11. The van der Waals surface area contributed by atoms with Crippen LogP contribution in [0, 0.1) is 0 Å². The van der Waals surface area contributed by atoms with Crippen molar-refractivity contribution in [2.24, 2.45) is 10.7 Å². The van der Waals surface area contributed by atoms with Crippen molar-refractivity contribution in [3.05, 3.63) is 42.0 Å². The van der Waals surface area contributed by atoms with E-state index in [1.165, 1.54) is 0 Å². The van der Waals surface area contributed by atoms with E-state index in [4.69, 9.17) is 29.4 Å². The summed E-state index contributed by atoms with van der Waals surface area (Å²) in [5, 5.41) is 3.02. The van der Waals surface area contributed by atoms with E-state index < -0.39 is 0 Å². The predicted octanol–water partition coefficient (Wildman–Crippen LogP) is 2.20. The van der Waals surface area contributed by atoms with Crippen LogP contribution >= 0.6 is 0 Å². The fraction of sp³-hybridized carbons (Fsp3) is 0.350. The summed E-state index contributed by atoms with van der Waals surface area (Å²) in [6.07, 6.45) is 0. The normalized spacial score (nSPS) is 10.9. The molecule has 28 heavy (non-hydrogen) atoms. The fourth-order valence-electron chi connectivity index (χ4n) is 2.42. The first-order valence-corrected chi connectivity index (χ1v) is 8.70. The second-order valence-corrected chi connectivity index (χ2v) is 5.71. The first-order chi connectivity index (χ1) is 13.6. The van der Waals surface area contributed by atoms with Gasteiger partial charge in [0.05, 0.1) is 41.5 Å². The zero-order chi connectivity index (χ0) is 20.4. The molecule has 2 rings (SSSR count). The smallest absolute Gasteiger partial charge is 0.189 e. The van der Waals surface area contributed by atoms with Crippen LogP contribution in [0.4, 0.5) is 0 Å². The van der Waals surface area contributed by atoms with Crippen molar-refractivity contribution in [3.63, 3.8) is 0 Å². The van der Waals surface area contributed by atoms with Gasteiger partial charge in [0, 0.05) is 18.2 Å². The first kappa shape index (κ1) is 21.0. The molecule has 152 valence electrons.